The van der Waals surface area contributed by atoms with Gasteiger partial charge in [-0.3, -0.25) is 0 Å². The standard InChI is InChI=1S/C22H18F4O3/c1-14-3-5-15(6-4-14)16-7-9-17(10-8-16)29-22(25,26)13-28-19-12-11-18(27-2)20(23)21(19)24/h3-12H,13H2,1-2H3. The number of methoxy groups -OCH3 is 1. The molecular weight excluding hydrogens is 388 g/mol. The molecule has 0 heterocycles. The number of aryl methyl sites for hydroxylation is 1. The third-order valence-electron chi connectivity index (χ3n) is 4.13. The summed E-state index contributed by atoms with van der Waals surface area (Å²) in [7, 11) is 1.16. The van der Waals surface area contributed by atoms with E-state index in [0.29, 0.717) is 0 Å². The van der Waals surface area contributed by atoms with E-state index in [9.17, 15) is 17.6 Å². The minimum absolute atomic E-state index is 0.0872. The van der Waals surface area contributed by atoms with Gasteiger partial charge in [0.25, 0.3) is 0 Å². The van der Waals surface area contributed by atoms with Crippen LogP contribution in [0.1, 0.15) is 5.56 Å². The molecule has 0 aliphatic carbocycles. The summed E-state index contributed by atoms with van der Waals surface area (Å²) in [5.74, 6) is -3.84. The zero-order valence-electron chi connectivity index (χ0n) is 15.7. The predicted octanol–water partition coefficient (Wildman–Crippen LogP) is 6.00. The Morgan fingerprint density at radius 3 is 1.86 bits per heavy atom. The van der Waals surface area contributed by atoms with Gasteiger partial charge in [-0.15, -0.1) is 0 Å². The van der Waals surface area contributed by atoms with Crippen LogP contribution in [0.2, 0.25) is 0 Å². The highest BCUT2D eigenvalue weighted by molar-refractivity contribution is 5.64. The van der Waals surface area contributed by atoms with Crippen LogP contribution < -0.4 is 14.2 Å². The summed E-state index contributed by atoms with van der Waals surface area (Å²) >= 11 is 0. The summed E-state index contributed by atoms with van der Waals surface area (Å²) in [5.41, 5.74) is 2.89. The molecule has 0 unspecified atom stereocenters. The molecule has 0 saturated carbocycles. The maximum atomic E-state index is 14.1. The van der Waals surface area contributed by atoms with E-state index in [1.54, 1.807) is 12.1 Å². The quantitative estimate of drug-likeness (QED) is 0.451. The molecule has 0 N–H and O–H groups in total. The van der Waals surface area contributed by atoms with Gasteiger partial charge in [-0.25, -0.2) is 0 Å². The van der Waals surface area contributed by atoms with Crippen molar-refractivity contribution in [2.45, 2.75) is 13.0 Å². The summed E-state index contributed by atoms with van der Waals surface area (Å²) in [4.78, 5) is 0. The Labute approximate surface area is 165 Å². The monoisotopic (exact) mass is 406 g/mol. The maximum absolute atomic E-state index is 14.1. The highest BCUT2D eigenvalue weighted by Crippen LogP contribution is 2.30. The Balaban J connectivity index is 1.65. The first-order chi connectivity index (χ1) is 13.8. The van der Waals surface area contributed by atoms with Crippen molar-refractivity contribution in [3.8, 4) is 28.4 Å². The number of rotatable bonds is 7. The molecule has 3 rings (SSSR count). The van der Waals surface area contributed by atoms with Crippen LogP contribution in [0.15, 0.2) is 60.7 Å². The van der Waals surface area contributed by atoms with Crippen LogP contribution in [0.25, 0.3) is 11.1 Å². The lowest BCUT2D eigenvalue weighted by Crippen LogP contribution is -2.32. The third kappa shape index (κ3) is 4.99. The number of hydrogen-bond donors (Lipinski definition) is 0. The Kier molecular flexibility index (Phi) is 5.96. The van der Waals surface area contributed by atoms with Gasteiger partial charge in [-0.1, -0.05) is 42.0 Å². The molecule has 0 aliphatic rings. The Bertz CT molecular complexity index is 971. The molecule has 0 bridgehead atoms. The van der Waals surface area contributed by atoms with Crippen molar-refractivity contribution in [3.63, 3.8) is 0 Å². The number of benzene rings is 3. The lowest BCUT2D eigenvalue weighted by Gasteiger charge is -2.19. The molecular formula is C22H18F4O3. The lowest BCUT2D eigenvalue weighted by molar-refractivity contribution is -0.195. The van der Waals surface area contributed by atoms with Gasteiger partial charge < -0.3 is 14.2 Å². The van der Waals surface area contributed by atoms with Gasteiger partial charge in [0.05, 0.1) is 7.11 Å². The summed E-state index contributed by atoms with van der Waals surface area (Å²) in [5, 5.41) is 0. The van der Waals surface area contributed by atoms with E-state index < -0.39 is 30.1 Å². The molecule has 0 fully saturated rings. The van der Waals surface area contributed by atoms with Gasteiger partial charge in [0.2, 0.25) is 11.6 Å². The van der Waals surface area contributed by atoms with Crippen LogP contribution in [0.4, 0.5) is 17.6 Å². The molecule has 0 saturated heterocycles. The van der Waals surface area contributed by atoms with E-state index in [0.717, 1.165) is 35.9 Å². The summed E-state index contributed by atoms with van der Waals surface area (Å²) in [6, 6.07) is 15.9. The van der Waals surface area contributed by atoms with Crippen molar-refractivity contribution in [1.29, 1.82) is 0 Å². The molecule has 7 heteroatoms. The van der Waals surface area contributed by atoms with E-state index >= 15 is 0 Å². The fraction of sp³-hybridized carbons (Fsp3) is 0.182. The smallest absolute Gasteiger partial charge is 0.432 e. The number of hydrogen-bond acceptors (Lipinski definition) is 3. The minimum Gasteiger partial charge on any atom is -0.494 e. The van der Waals surface area contributed by atoms with Crippen molar-refractivity contribution in [2.24, 2.45) is 0 Å². The maximum Gasteiger partial charge on any atom is 0.432 e. The van der Waals surface area contributed by atoms with Crippen molar-refractivity contribution >= 4 is 0 Å². The van der Waals surface area contributed by atoms with Gasteiger partial charge >= 0.3 is 6.11 Å². The molecule has 3 aromatic rings. The number of alkyl halides is 2. The largest absolute Gasteiger partial charge is 0.494 e. The number of ether oxygens (including phenoxy) is 3. The molecule has 0 atom stereocenters. The second-order valence-corrected chi connectivity index (χ2v) is 6.31. The van der Waals surface area contributed by atoms with Crippen molar-refractivity contribution in [2.75, 3.05) is 13.7 Å². The lowest BCUT2D eigenvalue weighted by atomic mass is 10.0. The second kappa shape index (κ2) is 8.43. The average molecular weight is 406 g/mol. The SMILES string of the molecule is COc1ccc(OCC(F)(F)Oc2ccc(-c3ccc(C)cc3)cc2)c(F)c1F. The Morgan fingerprint density at radius 1 is 0.759 bits per heavy atom. The molecule has 29 heavy (non-hydrogen) atoms. The van der Waals surface area contributed by atoms with Crippen LogP contribution in [0, 0.1) is 18.6 Å². The Morgan fingerprint density at radius 2 is 1.28 bits per heavy atom. The first-order valence-electron chi connectivity index (χ1n) is 8.68. The van der Waals surface area contributed by atoms with Crippen molar-refractivity contribution in [1.82, 2.24) is 0 Å². The molecule has 0 aromatic heterocycles. The predicted molar refractivity (Wildman–Crippen MR) is 101 cm³/mol. The molecule has 0 aliphatic heterocycles. The highest BCUT2D eigenvalue weighted by Gasteiger charge is 2.34. The second-order valence-electron chi connectivity index (χ2n) is 6.31. The van der Waals surface area contributed by atoms with Gasteiger partial charge in [0.1, 0.15) is 5.75 Å². The van der Waals surface area contributed by atoms with E-state index in [-0.39, 0.29) is 11.5 Å². The van der Waals surface area contributed by atoms with Crippen LogP contribution in [-0.4, -0.2) is 19.8 Å². The molecule has 0 radical (unpaired) electrons. The summed E-state index contributed by atoms with van der Waals surface area (Å²) in [6.07, 6.45) is -3.76. The van der Waals surface area contributed by atoms with E-state index in [1.165, 1.54) is 12.1 Å². The van der Waals surface area contributed by atoms with Gasteiger partial charge in [0.15, 0.2) is 18.1 Å². The topological polar surface area (TPSA) is 27.7 Å². The molecule has 0 amide bonds. The first kappa shape index (κ1) is 20.5. The van der Waals surface area contributed by atoms with Crippen LogP contribution >= 0.6 is 0 Å². The zero-order chi connectivity index (χ0) is 21.0. The molecule has 3 aromatic carbocycles. The fourth-order valence-corrected chi connectivity index (χ4v) is 2.61. The molecule has 152 valence electrons. The third-order valence-corrected chi connectivity index (χ3v) is 4.13. The first-order valence-corrected chi connectivity index (χ1v) is 8.68. The van der Waals surface area contributed by atoms with Gasteiger partial charge in [0, 0.05) is 0 Å². The highest BCUT2D eigenvalue weighted by atomic mass is 19.3. The van der Waals surface area contributed by atoms with Crippen molar-refractivity contribution < 1.29 is 31.8 Å². The zero-order valence-corrected chi connectivity index (χ0v) is 15.7. The molecule has 3 nitrogen and oxygen atoms in total. The van der Waals surface area contributed by atoms with Crippen molar-refractivity contribution in [3.05, 3.63) is 77.9 Å². The van der Waals surface area contributed by atoms with Gasteiger partial charge in [-0.2, -0.15) is 17.6 Å². The van der Waals surface area contributed by atoms with E-state index in [2.05, 4.69) is 9.47 Å². The minimum atomic E-state index is -3.76. The normalized spacial score (nSPS) is 11.2. The van der Waals surface area contributed by atoms with Crippen LogP contribution in [-0.2, 0) is 0 Å². The summed E-state index contributed by atoms with van der Waals surface area (Å²) < 4.78 is 69.5. The van der Waals surface area contributed by atoms with Crippen LogP contribution in [0.5, 0.6) is 17.2 Å². The van der Waals surface area contributed by atoms with Crippen LogP contribution in [0.3, 0.4) is 0 Å². The summed E-state index contributed by atoms with van der Waals surface area (Å²) in [6.45, 7) is 0.673. The molecule has 0 spiro atoms. The number of halogens is 4. The average Bonchev–Trinajstić information content (AvgIpc) is 2.70. The van der Waals surface area contributed by atoms with E-state index in [1.807, 2.05) is 31.2 Å². The fourth-order valence-electron chi connectivity index (χ4n) is 2.61. The van der Waals surface area contributed by atoms with Gasteiger partial charge in [-0.05, 0) is 42.3 Å². The van der Waals surface area contributed by atoms with E-state index in [4.69, 9.17) is 4.74 Å². The Hall–Kier alpha value is -3.22.